The standard InChI is InChI=1S/C21H19F3N4O/c22-21(23,24)18-11-17(15-9-5-2-6-10-15)27-19-16(13-26-28(18)19)20(29)25-12-14-7-3-1-4-8-14/h1-10,13,17-18,27H,11-12H2,(H,25,29). The van der Waals surface area contributed by atoms with E-state index in [0.29, 0.717) is 0 Å². The molecule has 0 spiro atoms. The summed E-state index contributed by atoms with van der Waals surface area (Å²) in [6.07, 6.45) is -3.49. The number of aromatic nitrogens is 2. The lowest BCUT2D eigenvalue weighted by atomic mass is 9.96. The molecule has 2 heterocycles. The Labute approximate surface area is 165 Å². The highest BCUT2D eigenvalue weighted by Crippen LogP contribution is 2.44. The second-order valence-electron chi connectivity index (χ2n) is 6.92. The van der Waals surface area contributed by atoms with Crippen LogP contribution in [0.2, 0.25) is 0 Å². The summed E-state index contributed by atoms with van der Waals surface area (Å²) in [4.78, 5) is 12.7. The van der Waals surface area contributed by atoms with Crippen molar-refractivity contribution in [1.82, 2.24) is 15.1 Å². The molecule has 0 bridgehead atoms. The molecular weight excluding hydrogens is 381 g/mol. The normalized spacial score (nSPS) is 18.6. The van der Waals surface area contributed by atoms with Crippen molar-refractivity contribution in [3.05, 3.63) is 83.6 Å². The lowest BCUT2D eigenvalue weighted by Gasteiger charge is -2.34. The van der Waals surface area contributed by atoms with Crippen LogP contribution in [0.25, 0.3) is 0 Å². The molecule has 0 aliphatic carbocycles. The largest absolute Gasteiger partial charge is 0.410 e. The van der Waals surface area contributed by atoms with Gasteiger partial charge >= 0.3 is 6.18 Å². The molecule has 29 heavy (non-hydrogen) atoms. The van der Waals surface area contributed by atoms with Gasteiger partial charge in [-0.05, 0) is 11.1 Å². The number of rotatable bonds is 4. The Morgan fingerprint density at radius 3 is 2.41 bits per heavy atom. The number of amides is 1. The highest BCUT2D eigenvalue weighted by molar-refractivity contribution is 5.98. The summed E-state index contributed by atoms with van der Waals surface area (Å²) >= 11 is 0. The van der Waals surface area contributed by atoms with E-state index in [-0.39, 0.29) is 24.3 Å². The zero-order valence-corrected chi connectivity index (χ0v) is 15.4. The Balaban J connectivity index is 1.62. The highest BCUT2D eigenvalue weighted by Gasteiger charge is 2.47. The minimum absolute atomic E-state index is 0.0815. The number of hydrogen-bond acceptors (Lipinski definition) is 3. The number of nitrogens with one attached hydrogen (secondary N) is 2. The van der Waals surface area contributed by atoms with Crippen LogP contribution in [-0.2, 0) is 6.54 Å². The van der Waals surface area contributed by atoms with E-state index in [4.69, 9.17) is 0 Å². The second kappa shape index (κ2) is 7.62. The quantitative estimate of drug-likeness (QED) is 0.679. The molecule has 0 saturated heterocycles. The van der Waals surface area contributed by atoms with Crippen LogP contribution in [0.5, 0.6) is 0 Å². The highest BCUT2D eigenvalue weighted by atomic mass is 19.4. The molecule has 8 heteroatoms. The molecule has 4 rings (SSSR count). The summed E-state index contributed by atoms with van der Waals surface area (Å²) in [6, 6.07) is 15.8. The van der Waals surface area contributed by atoms with Gasteiger partial charge in [0, 0.05) is 13.0 Å². The number of nitrogens with zero attached hydrogens (tertiary/aromatic N) is 2. The third-order valence-corrected chi connectivity index (χ3v) is 4.98. The summed E-state index contributed by atoms with van der Waals surface area (Å²) in [5.74, 6) is -0.393. The Hall–Kier alpha value is -3.29. The van der Waals surface area contributed by atoms with E-state index in [1.807, 2.05) is 30.3 Å². The summed E-state index contributed by atoms with van der Waals surface area (Å²) in [5, 5.41) is 9.71. The van der Waals surface area contributed by atoms with Crippen molar-refractivity contribution < 1.29 is 18.0 Å². The van der Waals surface area contributed by atoms with E-state index >= 15 is 0 Å². The van der Waals surface area contributed by atoms with Crippen LogP contribution in [0.4, 0.5) is 19.0 Å². The van der Waals surface area contributed by atoms with Gasteiger partial charge in [-0.2, -0.15) is 18.3 Å². The van der Waals surface area contributed by atoms with Gasteiger partial charge in [0.2, 0.25) is 0 Å². The fourth-order valence-electron chi connectivity index (χ4n) is 3.51. The number of fused-ring (bicyclic) bond motifs is 1. The van der Waals surface area contributed by atoms with Gasteiger partial charge in [0.1, 0.15) is 11.4 Å². The maximum Gasteiger partial charge on any atom is 0.410 e. The topological polar surface area (TPSA) is 59.0 Å². The molecule has 150 valence electrons. The molecule has 5 nitrogen and oxygen atoms in total. The zero-order valence-electron chi connectivity index (χ0n) is 15.4. The van der Waals surface area contributed by atoms with Gasteiger partial charge in [-0.3, -0.25) is 4.79 Å². The molecule has 1 aliphatic heterocycles. The van der Waals surface area contributed by atoms with Gasteiger partial charge in [0.15, 0.2) is 6.04 Å². The van der Waals surface area contributed by atoms with Crippen LogP contribution in [-0.4, -0.2) is 21.9 Å². The van der Waals surface area contributed by atoms with Crippen LogP contribution in [0.3, 0.4) is 0 Å². The predicted octanol–water partition coefficient (Wildman–Crippen LogP) is 4.47. The first-order valence-electron chi connectivity index (χ1n) is 9.21. The van der Waals surface area contributed by atoms with Crippen LogP contribution >= 0.6 is 0 Å². The van der Waals surface area contributed by atoms with E-state index in [0.717, 1.165) is 15.8 Å². The monoisotopic (exact) mass is 400 g/mol. The molecule has 1 aliphatic rings. The molecule has 2 unspecified atom stereocenters. The summed E-state index contributed by atoms with van der Waals surface area (Å²) < 4.78 is 42.0. The van der Waals surface area contributed by atoms with Gasteiger partial charge in [0.05, 0.1) is 12.2 Å². The van der Waals surface area contributed by atoms with Gasteiger partial charge in [-0.1, -0.05) is 60.7 Å². The van der Waals surface area contributed by atoms with E-state index in [9.17, 15) is 18.0 Å². The van der Waals surface area contributed by atoms with Crippen LogP contribution in [0.15, 0.2) is 66.9 Å². The zero-order chi connectivity index (χ0) is 20.4. The molecule has 3 aromatic rings. The van der Waals surface area contributed by atoms with Gasteiger partial charge in [-0.25, -0.2) is 4.68 Å². The molecule has 1 aromatic heterocycles. The van der Waals surface area contributed by atoms with Gasteiger partial charge < -0.3 is 10.6 Å². The summed E-state index contributed by atoms with van der Waals surface area (Å²) in [5.41, 5.74) is 1.71. The number of alkyl halides is 3. The van der Waals surface area contributed by atoms with Crippen molar-refractivity contribution in [3.8, 4) is 0 Å². The third-order valence-electron chi connectivity index (χ3n) is 4.98. The Morgan fingerprint density at radius 2 is 1.76 bits per heavy atom. The van der Waals surface area contributed by atoms with Crippen molar-refractivity contribution in [2.24, 2.45) is 0 Å². The van der Waals surface area contributed by atoms with E-state index in [2.05, 4.69) is 15.7 Å². The Morgan fingerprint density at radius 1 is 1.10 bits per heavy atom. The molecular formula is C21H19F3N4O. The average molecular weight is 400 g/mol. The van der Waals surface area contributed by atoms with Gasteiger partial charge in [-0.15, -0.1) is 0 Å². The average Bonchev–Trinajstić information content (AvgIpc) is 3.16. The fraction of sp³-hybridized carbons (Fsp3) is 0.238. The lowest BCUT2D eigenvalue weighted by molar-refractivity contribution is -0.173. The second-order valence-corrected chi connectivity index (χ2v) is 6.92. The van der Waals surface area contributed by atoms with Gasteiger partial charge in [0.25, 0.3) is 5.91 Å². The molecule has 0 fully saturated rings. The number of anilines is 1. The summed E-state index contributed by atoms with van der Waals surface area (Å²) in [6.45, 7) is 0.273. The minimum atomic E-state index is -4.48. The van der Waals surface area contributed by atoms with E-state index < -0.39 is 24.2 Å². The molecule has 0 radical (unpaired) electrons. The number of carbonyl (C=O) groups is 1. The van der Waals surface area contributed by atoms with Crippen molar-refractivity contribution in [1.29, 1.82) is 0 Å². The number of benzene rings is 2. The van der Waals surface area contributed by atoms with Crippen molar-refractivity contribution >= 4 is 11.7 Å². The predicted molar refractivity (Wildman–Crippen MR) is 102 cm³/mol. The van der Waals surface area contributed by atoms with Crippen LogP contribution in [0, 0.1) is 0 Å². The molecule has 2 atom stereocenters. The lowest BCUT2D eigenvalue weighted by Crippen LogP contribution is -2.36. The first-order valence-corrected chi connectivity index (χ1v) is 9.21. The maximum atomic E-state index is 13.7. The number of halogens is 3. The van der Waals surface area contributed by atoms with E-state index in [1.54, 1.807) is 30.3 Å². The Bertz CT molecular complexity index is 986. The number of hydrogen-bond donors (Lipinski definition) is 2. The van der Waals surface area contributed by atoms with Crippen LogP contribution in [0.1, 0.15) is 40.0 Å². The van der Waals surface area contributed by atoms with E-state index in [1.165, 1.54) is 6.20 Å². The molecule has 0 saturated carbocycles. The molecule has 1 amide bonds. The van der Waals surface area contributed by atoms with Crippen molar-refractivity contribution in [2.45, 2.75) is 31.2 Å². The maximum absolute atomic E-state index is 13.7. The van der Waals surface area contributed by atoms with Crippen molar-refractivity contribution in [2.75, 3.05) is 5.32 Å². The van der Waals surface area contributed by atoms with Crippen molar-refractivity contribution in [3.63, 3.8) is 0 Å². The first kappa shape index (κ1) is 19.0. The van der Waals surface area contributed by atoms with Crippen LogP contribution < -0.4 is 10.6 Å². The SMILES string of the molecule is O=C(NCc1ccccc1)c1cnn2c1NC(c1ccccc1)CC2C(F)(F)F. The first-order chi connectivity index (χ1) is 13.9. The smallest absolute Gasteiger partial charge is 0.363 e. The molecule has 2 aromatic carbocycles. The summed E-state index contributed by atoms with van der Waals surface area (Å²) in [7, 11) is 0. The fourth-order valence-corrected chi connectivity index (χ4v) is 3.51. The minimum Gasteiger partial charge on any atom is -0.363 e. The molecule has 2 N–H and O–H groups in total. The third kappa shape index (κ3) is 3.96. The Kier molecular flexibility index (Phi) is 5.00. The number of carbonyl (C=O) groups excluding carboxylic acids is 1.